The van der Waals surface area contributed by atoms with Crippen LogP contribution in [0.5, 0.6) is 0 Å². The third kappa shape index (κ3) is 8.71. The van der Waals surface area contributed by atoms with Crippen LogP contribution in [0.1, 0.15) is 22.3 Å². The maximum atomic E-state index is 13.9. The monoisotopic (exact) mass is 404 g/mol. The molecule has 1 aromatic rings. The van der Waals surface area contributed by atoms with Gasteiger partial charge in [0.25, 0.3) is 5.91 Å². The van der Waals surface area contributed by atoms with Crippen LogP contribution in [-0.2, 0) is 9.53 Å². The average molecular weight is 404 g/mol. The van der Waals surface area contributed by atoms with E-state index in [1.807, 2.05) is 0 Å². The maximum Gasteiger partial charge on any atom is 0.411 e. The largest absolute Gasteiger partial charge is 0.411 e. The molecule has 0 aliphatic heterocycles. The number of alkyl halides is 6. The molecule has 0 radical (unpaired) electrons. The van der Waals surface area contributed by atoms with Crippen molar-refractivity contribution in [2.45, 2.75) is 25.7 Å². The first-order valence-corrected chi connectivity index (χ1v) is 7.38. The van der Waals surface area contributed by atoms with Crippen molar-refractivity contribution in [1.82, 2.24) is 5.32 Å². The Kier molecular flexibility index (Phi) is 7.57. The molecule has 0 aliphatic rings. The number of ether oxygens (including phenoxy) is 1. The molecule has 0 spiro atoms. The molecule has 0 saturated heterocycles. The van der Waals surface area contributed by atoms with Crippen LogP contribution >= 0.6 is 0 Å². The Morgan fingerprint density at radius 3 is 2.26 bits per heavy atom. The van der Waals surface area contributed by atoms with E-state index in [0.29, 0.717) is 6.07 Å². The third-order valence-electron chi connectivity index (χ3n) is 3.07. The van der Waals surface area contributed by atoms with Crippen LogP contribution in [0.25, 0.3) is 0 Å². The lowest BCUT2D eigenvalue weighted by atomic mass is 10.1. The summed E-state index contributed by atoms with van der Waals surface area (Å²) in [7, 11) is 0. The topological polar surface area (TPSA) is 67.4 Å². The van der Waals surface area contributed by atoms with Gasteiger partial charge in [0.1, 0.15) is 19.0 Å². The molecule has 152 valence electrons. The first-order chi connectivity index (χ1) is 12.3. The Labute approximate surface area is 148 Å². The highest BCUT2D eigenvalue weighted by Crippen LogP contribution is 2.22. The molecule has 0 heterocycles. The van der Waals surface area contributed by atoms with Crippen molar-refractivity contribution < 1.29 is 45.1 Å². The fourth-order valence-electron chi connectivity index (χ4n) is 1.79. The van der Waals surface area contributed by atoms with Crippen molar-refractivity contribution in [2.24, 2.45) is 0 Å². The summed E-state index contributed by atoms with van der Waals surface area (Å²) in [6, 6.07) is 1.65. The maximum absolute atomic E-state index is 13.9. The molecule has 0 atom stereocenters. The van der Waals surface area contributed by atoms with Crippen molar-refractivity contribution in [3.63, 3.8) is 0 Å². The highest BCUT2D eigenvalue weighted by molar-refractivity contribution is 5.97. The number of nitrogens with one attached hydrogen (secondary N) is 2. The van der Waals surface area contributed by atoms with E-state index in [-0.39, 0.29) is 11.3 Å². The lowest BCUT2D eigenvalue weighted by Crippen LogP contribution is -2.33. The molecule has 27 heavy (non-hydrogen) atoms. The molecular weight excluding hydrogens is 389 g/mol. The second kappa shape index (κ2) is 9.02. The minimum absolute atomic E-state index is 0.105. The summed E-state index contributed by atoms with van der Waals surface area (Å²) in [6.45, 7) is -2.48. The molecule has 0 bridgehead atoms. The zero-order valence-electron chi connectivity index (χ0n) is 13.9. The number of anilines is 1. The van der Waals surface area contributed by atoms with Crippen molar-refractivity contribution in [3.8, 4) is 0 Å². The Morgan fingerprint density at radius 1 is 1.07 bits per heavy atom. The van der Waals surface area contributed by atoms with Gasteiger partial charge in [-0.25, -0.2) is 4.39 Å². The Bertz CT molecular complexity index is 687. The van der Waals surface area contributed by atoms with Gasteiger partial charge in [-0.3, -0.25) is 9.59 Å². The molecule has 1 aromatic carbocycles. The zero-order valence-corrected chi connectivity index (χ0v) is 13.9. The van der Waals surface area contributed by atoms with E-state index >= 15 is 0 Å². The standard InChI is InChI=1S/C15H15F7N2O3/c1-8-10(16)4-9(13(26)23-6-14(17,18)19)5-11(8)24-12(25)2-3-27-7-15(20,21)22/h4-5H,2-3,6-7H2,1H3,(H,23,26)(H,24,25). The van der Waals surface area contributed by atoms with E-state index in [1.165, 1.54) is 6.92 Å². The van der Waals surface area contributed by atoms with E-state index in [9.17, 15) is 40.3 Å². The average Bonchev–Trinajstić information content (AvgIpc) is 2.51. The van der Waals surface area contributed by atoms with Gasteiger partial charge in [0.05, 0.1) is 13.0 Å². The van der Waals surface area contributed by atoms with Gasteiger partial charge in [-0.2, -0.15) is 26.3 Å². The summed E-state index contributed by atoms with van der Waals surface area (Å²) < 4.78 is 90.2. The van der Waals surface area contributed by atoms with Gasteiger partial charge in [0.2, 0.25) is 5.91 Å². The third-order valence-corrected chi connectivity index (χ3v) is 3.07. The number of amides is 2. The van der Waals surface area contributed by atoms with Crippen molar-refractivity contribution >= 4 is 17.5 Å². The van der Waals surface area contributed by atoms with Crippen LogP contribution in [0.2, 0.25) is 0 Å². The molecule has 1 rings (SSSR count). The van der Waals surface area contributed by atoms with Gasteiger partial charge >= 0.3 is 12.4 Å². The van der Waals surface area contributed by atoms with E-state index in [2.05, 4.69) is 10.1 Å². The number of hydrogen-bond donors (Lipinski definition) is 2. The van der Waals surface area contributed by atoms with Gasteiger partial charge in [-0.05, 0) is 19.1 Å². The summed E-state index contributed by atoms with van der Waals surface area (Å²) in [5.41, 5.74) is -0.772. The molecule has 2 N–H and O–H groups in total. The van der Waals surface area contributed by atoms with Crippen LogP contribution in [-0.4, -0.2) is 43.9 Å². The summed E-state index contributed by atoms with van der Waals surface area (Å²) in [5.74, 6) is -3.00. The molecule has 0 aliphatic carbocycles. The number of rotatable bonds is 7. The van der Waals surface area contributed by atoms with Crippen LogP contribution in [0.15, 0.2) is 12.1 Å². The van der Waals surface area contributed by atoms with E-state index < -0.39 is 61.7 Å². The zero-order chi connectivity index (χ0) is 20.8. The number of carbonyl (C=O) groups excluding carboxylic acids is 2. The fraction of sp³-hybridized carbons (Fsp3) is 0.467. The molecule has 0 aromatic heterocycles. The summed E-state index contributed by atoms with van der Waals surface area (Å²) in [4.78, 5) is 23.4. The molecule has 2 amide bonds. The fourth-order valence-corrected chi connectivity index (χ4v) is 1.79. The van der Waals surface area contributed by atoms with E-state index in [1.54, 1.807) is 5.32 Å². The minimum Gasteiger partial charge on any atom is -0.372 e. The van der Waals surface area contributed by atoms with Crippen LogP contribution < -0.4 is 10.6 Å². The van der Waals surface area contributed by atoms with Crippen LogP contribution in [0.4, 0.5) is 36.4 Å². The minimum atomic E-state index is -4.66. The number of hydrogen-bond acceptors (Lipinski definition) is 3. The van der Waals surface area contributed by atoms with Gasteiger partial charge in [-0.15, -0.1) is 0 Å². The second-order valence-corrected chi connectivity index (χ2v) is 5.39. The first kappa shape index (κ1) is 22.7. The summed E-state index contributed by atoms with van der Waals surface area (Å²) >= 11 is 0. The van der Waals surface area contributed by atoms with Gasteiger partial charge in [0.15, 0.2) is 0 Å². The second-order valence-electron chi connectivity index (χ2n) is 5.39. The van der Waals surface area contributed by atoms with Crippen molar-refractivity contribution in [3.05, 3.63) is 29.1 Å². The van der Waals surface area contributed by atoms with Gasteiger partial charge in [-0.1, -0.05) is 0 Å². The van der Waals surface area contributed by atoms with Crippen molar-refractivity contribution in [2.75, 3.05) is 25.1 Å². The van der Waals surface area contributed by atoms with Crippen LogP contribution in [0, 0.1) is 12.7 Å². The Hall–Kier alpha value is -2.37. The number of halogens is 7. The lowest BCUT2D eigenvalue weighted by Gasteiger charge is -2.13. The molecule has 12 heteroatoms. The molecule has 0 unspecified atom stereocenters. The molecular formula is C15H15F7N2O3. The normalized spacial score (nSPS) is 12.0. The highest BCUT2D eigenvalue weighted by atomic mass is 19.4. The van der Waals surface area contributed by atoms with Crippen molar-refractivity contribution in [1.29, 1.82) is 0 Å². The van der Waals surface area contributed by atoms with E-state index in [0.717, 1.165) is 6.07 Å². The molecule has 0 fully saturated rings. The Balaban J connectivity index is 2.73. The predicted molar refractivity (Wildman–Crippen MR) is 79.6 cm³/mol. The van der Waals surface area contributed by atoms with Gasteiger partial charge < -0.3 is 15.4 Å². The predicted octanol–water partition coefficient (Wildman–Crippen LogP) is 3.33. The SMILES string of the molecule is Cc1c(F)cc(C(=O)NCC(F)(F)F)cc1NC(=O)CCOCC(F)(F)F. The number of benzene rings is 1. The highest BCUT2D eigenvalue weighted by Gasteiger charge is 2.28. The molecule has 5 nitrogen and oxygen atoms in total. The van der Waals surface area contributed by atoms with E-state index in [4.69, 9.17) is 0 Å². The summed E-state index contributed by atoms with van der Waals surface area (Å²) in [6.07, 6.45) is -9.69. The summed E-state index contributed by atoms with van der Waals surface area (Å²) in [5, 5.41) is 3.73. The smallest absolute Gasteiger partial charge is 0.372 e. The number of carbonyl (C=O) groups is 2. The lowest BCUT2D eigenvalue weighted by molar-refractivity contribution is -0.174. The molecule has 0 saturated carbocycles. The van der Waals surface area contributed by atoms with Gasteiger partial charge in [0, 0.05) is 16.8 Å². The Morgan fingerprint density at radius 2 is 1.70 bits per heavy atom. The van der Waals surface area contributed by atoms with Crippen LogP contribution in [0.3, 0.4) is 0 Å². The quantitative estimate of drug-likeness (QED) is 0.541. The first-order valence-electron chi connectivity index (χ1n) is 7.38.